The number of amides is 2. The van der Waals surface area contributed by atoms with Crippen LogP contribution in [0.25, 0.3) is 0 Å². The topological polar surface area (TPSA) is 72.9 Å². The Hall–Kier alpha value is -2.08. The fourth-order valence-corrected chi connectivity index (χ4v) is 4.63. The molecule has 5 rings (SSSR count). The Bertz CT molecular complexity index is 706. The molecule has 6 nitrogen and oxygen atoms in total. The smallest absolute Gasteiger partial charge is 0.247 e. The molecule has 114 valence electrons. The second-order valence-electron chi connectivity index (χ2n) is 6.67. The standard InChI is InChI=1S/C16H17N3O3/c20-13-12-8-16(22)9-4-1-2-5-10(9)17-15(16)19(12)14(21)11-6-3-7-18(11)13/h1-2,4-5,11-12,15,17,22H,3,6-8H2/t11-,12-,15-,16+/m0/s1. The summed E-state index contributed by atoms with van der Waals surface area (Å²) in [7, 11) is 0. The minimum atomic E-state index is -1.17. The van der Waals surface area contributed by atoms with Crippen molar-refractivity contribution in [3.05, 3.63) is 29.8 Å². The molecular weight excluding hydrogens is 282 g/mol. The molecule has 0 aromatic heterocycles. The average molecular weight is 299 g/mol. The summed E-state index contributed by atoms with van der Waals surface area (Å²) in [5, 5.41) is 14.4. The van der Waals surface area contributed by atoms with Crippen LogP contribution in [0.5, 0.6) is 0 Å². The molecule has 4 atom stereocenters. The van der Waals surface area contributed by atoms with Gasteiger partial charge in [-0.3, -0.25) is 9.59 Å². The number of para-hydroxylation sites is 1. The lowest BCUT2D eigenvalue weighted by molar-refractivity contribution is -0.158. The molecule has 6 heteroatoms. The van der Waals surface area contributed by atoms with Crippen LogP contribution in [-0.2, 0) is 15.2 Å². The number of nitrogens with one attached hydrogen (secondary N) is 1. The molecule has 1 aromatic carbocycles. The van der Waals surface area contributed by atoms with Gasteiger partial charge in [0.05, 0.1) is 0 Å². The van der Waals surface area contributed by atoms with Gasteiger partial charge in [-0.1, -0.05) is 18.2 Å². The zero-order valence-corrected chi connectivity index (χ0v) is 12.0. The van der Waals surface area contributed by atoms with Gasteiger partial charge in [0.15, 0.2) is 0 Å². The number of rotatable bonds is 0. The Morgan fingerprint density at radius 2 is 2.00 bits per heavy atom. The van der Waals surface area contributed by atoms with Crippen molar-refractivity contribution in [1.29, 1.82) is 0 Å². The number of hydrogen-bond donors (Lipinski definition) is 2. The molecule has 2 amide bonds. The van der Waals surface area contributed by atoms with E-state index in [0.29, 0.717) is 6.54 Å². The fourth-order valence-electron chi connectivity index (χ4n) is 4.63. The number of hydrogen-bond acceptors (Lipinski definition) is 4. The first-order chi connectivity index (χ1) is 10.6. The zero-order valence-electron chi connectivity index (χ0n) is 12.0. The van der Waals surface area contributed by atoms with Crippen molar-refractivity contribution in [3.63, 3.8) is 0 Å². The van der Waals surface area contributed by atoms with E-state index in [9.17, 15) is 14.7 Å². The van der Waals surface area contributed by atoms with Gasteiger partial charge in [0.25, 0.3) is 0 Å². The number of benzene rings is 1. The van der Waals surface area contributed by atoms with Gasteiger partial charge in [-0.15, -0.1) is 0 Å². The minimum absolute atomic E-state index is 0.00999. The zero-order chi connectivity index (χ0) is 15.1. The van der Waals surface area contributed by atoms with E-state index in [4.69, 9.17) is 0 Å². The second-order valence-corrected chi connectivity index (χ2v) is 6.67. The average Bonchev–Trinajstić information content (AvgIpc) is 3.16. The van der Waals surface area contributed by atoms with E-state index < -0.39 is 17.8 Å². The van der Waals surface area contributed by atoms with E-state index in [1.165, 1.54) is 0 Å². The van der Waals surface area contributed by atoms with Crippen LogP contribution in [0, 0.1) is 0 Å². The molecule has 4 aliphatic rings. The lowest BCUT2D eigenvalue weighted by atomic mass is 9.91. The number of anilines is 1. The number of carbonyl (C=O) groups is 2. The van der Waals surface area contributed by atoms with E-state index in [2.05, 4.69) is 5.32 Å². The molecule has 4 heterocycles. The Morgan fingerprint density at radius 1 is 1.18 bits per heavy atom. The highest BCUT2D eigenvalue weighted by Crippen LogP contribution is 2.51. The van der Waals surface area contributed by atoms with Gasteiger partial charge in [-0.05, 0) is 18.9 Å². The summed E-state index contributed by atoms with van der Waals surface area (Å²) >= 11 is 0. The van der Waals surface area contributed by atoms with Gasteiger partial charge < -0.3 is 20.2 Å². The first-order valence-electron chi connectivity index (χ1n) is 7.82. The lowest BCUT2D eigenvalue weighted by Gasteiger charge is -2.40. The molecule has 0 radical (unpaired) electrons. The van der Waals surface area contributed by atoms with Crippen molar-refractivity contribution in [3.8, 4) is 0 Å². The highest BCUT2D eigenvalue weighted by Gasteiger charge is 2.64. The molecule has 0 spiro atoms. The summed E-state index contributed by atoms with van der Waals surface area (Å²) in [5.74, 6) is -0.0347. The Kier molecular flexibility index (Phi) is 2.16. The third-order valence-corrected chi connectivity index (χ3v) is 5.62. The van der Waals surface area contributed by atoms with Gasteiger partial charge in [-0.25, -0.2) is 0 Å². The molecule has 3 saturated heterocycles. The summed E-state index contributed by atoms with van der Waals surface area (Å²) in [4.78, 5) is 28.9. The van der Waals surface area contributed by atoms with Crippen molar-refractivity contribution in [2.45, 2.75) is 43.1 Å². The Balaban J connectivity index is 1.61. The van der Waals surface area contributed by atoms with E-state index in [1.54, 1.807) is 9.80 Å². The van der Waals surface area contributed by atoms with Crippen molar-refractivity contribution < 1.29 is 14.7 Å². The van der Waals surface area contributed by atoms with E-state index >= 15 is 0 Å². The summed E-state index contributed by atoms with van der Waals surface area (Å²) in [6.45, 7) is 0.659. The Labute approximate surface area is 127 Å². The lowest BCUT2D eigenvalue weighted by Crippen LogP contribution is -2.63. The first-order valence-corrected chi connectivity index (χ1v) is 7.82. The summed E-state index contributed by atoms with van der Waals surface area (Å²) in [6.07, 6.45) is 1.35. The monoisotopic (exact) mass is 299 g/mol. The summed E-state index contributed by atoms with van der Waals surface area (Å²) in [5.41, 5.74) is 0.462. The minimum Gasteiger partial charge on any atom is -0.381 e. The van der Waals surface area contributed by atoms with E-state index in [1.807, 2.05) is 24.3 Å². The molecule has 0 saturated carbocycles. The van der Waals surface area contributed by atoms with Crippen LogP contribution in [0.3, 0.4) is 0 Å². The molecule has 1 aromatic rings. The van der Waals surface area contributed by atoms with Gasteiger partial charge in [0.1, 0.15) is 23.9 Å². The molecule has 2 N–H and O–H groups in total. The van der Waals surface area contributed by atoms with Crippen LogP contribution >= 0.6 is 0 Å². The van der Waals surface area contributed by atoms with Crippen LogP contribution in [-0.4, -0.2) is 51.5 Å². The number of carbonyl (C=O) groups excluding carboxylic acids is 2. The molecular formula is C16H17N3O3. The second kappa shape index (κ2) is 3.81. The van der Waals surface area contributed by atoms with Gasteiger partial charge in [-0.2, -0.15) is 0 Å². The number of piperazine rings is 1. The number of nitrogens with zero attached hydrogens (tertiary/aromatic N) is 2. The quantitative estimate of drug-likeness (QED) is 0.719. The third-order valence-electron chi connectivity index (χ3n) is 5.62. The third kappa shape index (κ3) is 1.26. The van der Waals surface area contributed by atoms with Crippen LogP contribution in [0.1, 0.15) is 24.8 Å². The predicted molar refractivity (Wildman–Crippen MR) is 77.7 cm³/mol. The van der Waals surface area contributed by atoms with Crippen LogP contribution in [0.2, 0.25) is 0 Å². The number of aliphatic hydroxyl groups is 1. The van der Waals surface area contributed by atoms with Crippen molar-refractivity contribution in [2.24, 2.45) is 0 Å². The maximum absolute atomic E-state index is 12.9. The maximum atomic E-state index is 12.9. The summed E-state index contributed by atoms with van der Waals surface area (Å²) in [6, 6.07) is 6.67. The fraction of sp³-hybridized carbons (Fsp3) is 0.500. The molecule has 0 bridgehead atoms. The van der Waals surface area contributed by atoms with Gasteiger partial charge in [0, 0.05) is 24.2 Å². The van der Waals surface area contributed by atoms with Gasteiger partial charge in [0.2, 0.25) is 11.8 Å². The van der Waals surface area contributed by atoms with Gasteiger partial charge >= 0.3 is 0 Å². The van der Waals surface area contributed by atoms with Crippen molar-refractivity contribution >= 4 is 17.5 Å². The van der Waals surface area contributed by atoms with Crippen molar-refractivity contribution in [1.82, 2.24) is 9.80 Å². The number of fused-ring (bicyclic) bond motifs is 6. The molecule has 22 heavy (non-hydrogen) atoms. The molecule has 4 aliphatic heterocycles. The highest BCUT2D eigenvalue weighted by molar-refractivity contribution is 5.99. The SMILES string of the molecule is O=C1[C@@H]2C[C@@]3(O)c4ccccc4N[C@H]3N2C(=O)[C@@H]2CCCN12. The van der Waals surface area contributed by atoms with Crippen molar-refractivity contribution in [2.75, 3.05) is 11.9 Å². The molecule has 0 aliphatic carbocycles. The first kappa shape index (κ1) is 12.5. The maximum Gasteiger partial charge on any atom is 0.247 e. The largest absolute Gasteiger partial charge is 0.381 e. The predicted octanol–water partition coefficient (Wildman–Crippen LogP) is 0.231. The van der Waals surface area contributed by atoms with E-state index in [0.717, 1.165) is 24.1 Å². The van der Waals surface area contributed by atoms with Crippen LogP contribution in [0.4, 0.5) is 5.69 Å². The van der Waals surface area contributed by atoms with Crippen LogP contribution < -0.4 is 5.32 Å². The molecule has 0 unspecified atom stereocenters. The highest BCUT2D eigenvalue weighted by atomic mass is 16.3. The molecule has 3 fully saturated rings. The van der Waals surface area contributed by atoms with Crippen LogP contribution in [0.15, 0.2) is 24.3 Å². The van der Waals surface area contributed by atoms with E-state index in [-0.39, 0.29) is 24.3 Å². The normalized spacial score (nSPS) is 38.5. The summed E-state index contributed by atoms with van der Waals surface area (Å²) < 4.78 is 0. The Morgan fingerprint density at radius 3 is 2.86 bits per heavy atom.